The second-order valence-electron chi connectivity index (χ2n) is 16.2. The molecule has 0 amide bonds. The minimum atomic E-state index is 0.524. The molecule has 8 aromatic heterocycles. The van der Waals surface area contributed by atoms with Crippen LogP contribution in [0.5, 0.6) is 0 Å². The van der Waals surface area contributed by atoms with Gasteiger partial charge in [0.1, 0.15) is 0 Å². The first-order chi connectivity index (χ1) is 31.7. The number of rotatable bonds is 5. The Morgan fingerprint density at radius 3 is 1.69 bits per heavy atom. The zero-order valence-corrected chi connectivity index (χ0v) is 35.6. The van der Waals surface area contributed by atoms with Crippen LogP contribution >= 0.6 is 22.7 Å². The van der Waals surface area contributed by atoms with Gasteiger partial charge in [0.05, 0.1) is 39.3 Å². The average Bonchev–Trinajstić information content (AvgIpc) is 4.12. The van der Waals surface area contributed by atoms with Crippen molar-refractivity contribution in [3.8, 4) is 46.1 Å². The molecule has 5 aromatic carbocycles. The molecule has 14 rings (SSSR count). The zero-order valence-electron chi connectivity index (χ0n) is 34.0. The van der Waals surface area contributed by atoms with Gasteiger partial charge in [-0.2, -0.15) is 15.0 Å². The molecule has 13 aromatic rings. The van der Waals surface area contributed by atoms with Crippen molar-refractivity contribution in [2.24, 2.45) is 0 Å². The van der Waals surface area contributed by atoms with Crippen molar-refractivity contribution in [3.05, 3.63) is 175 Å². The van der Waals surface area contributed by atoms with Crippen molar-refractivity contribution in [2.45, 2.75) is 12.8 Å². The number of pyridine rings is 3. The molecule has 0 spiro atoms. The number of benzene rings is 5. The molecule has 8 heterocycles. The zero-order chi connectivity index (χ0) is 41.9. The minimum Gasteiger partial charge on any atom is -0.281 e. The summed E-state index contributed by atoms with van der Waals surface area (Å²) in [5, 5.41) is 8.64. The van der Waals surface area contributed by atoms with Gasteiger partial charge in [0, 0.05) is 85.7 Å². The summed E-state index contributed by atoms with van der Waals surface area (Å²) in [6.07, 6.45) is 9.96. The molecular formula is C54H32N8S2. The normalized spacial score (nSPS) is 12.8. The van der Waals surface area contributed by atoms with Crippen molar-refractivity contribution >= 4 is 102 Å². The summed E-state index contributed by atoms with van der Waals surface area (Å²) < 4.78 is 9.60. The maximum absolute atomic E-state index is 5.56. The number of nitrogens with zero attached hydrogens (tertiary/aromatic N) is 8. The summed E-state index contributed by atoms with van der Waals surface area (Å²) in [6.45, 7) is 0. The largest absolute Gasteiger partial charge is 0.281 e. The van der Waals surface area contributed by atoms with Crippen LogP contribution < -0.4 is 0 Å². The highest BCUT2D eigenvalue weighted by atomic mass is 32.1. The van der Waals surface area contributed by atoms with Crippen LogP contribution in [-0.4, -0.2) is 39.0 Å². The van der Waals surface area contributed by atoms with Crippen LogP contribution in [0.3, 0.4) is 0 Å². The molecule has 10 heteroatoms. The fraction of sp³-hybridized carbons (Fsp3) is 0.0370. The molecule has 8 nitrogen and oxygen atoms in total. The number of aromatic nitrogens is 8. The molecule has 0 aliphatic heterocycles. The van der Waals surface area contributed by atoms with Gasteiger partial charge in [0.2, 0.25) is 11.9 Å². The molecule has 1 aliphatic rings. The molecule has 64 heavy (non-hydrogen) atoms. The first-order valence-corrected chi connectivity index (χ1v) is 23.0. The summed E-state index contributed by atoms with van der Waals surface area (Å²) in [5.74, 6) is 1.62. The summed E-state index contributed by atoms with van der Waals surface area (Å²) >= 11 is 3.69. The second-order valence-corrected chi connectivity index (χ2v) is 18.3. The summed E-state index contributed by atoms with van der Waals surface area (Å²) in [5.41, 5.74) is 9.23. The Morgan fingerprint density at radius 2 is 1.03 bits per heavy atom. The first-order valence-electron chi connectivity index (χ1n) is 21.3. The highest BCUT2D eigenvalue weighted by molar-refractivity contribution is 7.27. The van der Waals surface area contributed by atoms with Crippen molar-refractivity contribution in [3.63, 3.8) is 0 Å². The van der Waals surface area contributed by atoms with E-state index < -0.39 is 0 Å². The average molecular weight is 857 g/mol. The predicted octanol–water partition coefficient (Wildman–Crippen LogP) is 13.8. The Kier molecular flexibility index (Phi) is 7.68. The van der Waals surface area contributed by atoms with Crippen molar-refractivity contribution in [1.29, 1.82) is 0 Å². The van der Waals surface area contributed by atoms with Crippen LogP contribution in [0, 0.1) is 0 Å². The van der Waals surface area contributed by atoms with E-state index in [2.05, 4.69) is 118 Å². The molecule has 0 saturated carbocycles. The van der Waals surface area contributed by atoms with Gasteiger partial charge in [-0.1, -0.05) is 91.0 Å². The first kappa shape index (κ1) is 35.7. The Labute approximate surface area is 373 Å². The van der Waals surface area contributed by atoms with Gasteiger partial charge in [-0.05, 0) is 79.6 Å². The van der Waals surface area contributed by atoms with Gasteiger partial charge in [0.25, 0.3) is 0 Å². The smallest absolute Gasteiger partial charge is 0.240 e. The maximum atomic E-state index is 5.56. The molecule has 0 bridgehead atoms. The molecule has 0 saturated heterocycles. The van der Waals surface area contributed by atoms with Crippen molar-refractivity contribution in [2.75, 3.05) is 0 Å². The van der Waals surface area contributed by atoms with E-state index >= 15 is 0 Å². The molecular weight excluding hydrogens is 825 g/mol. The third-order valence-corrected chi connectivity index (χ3v) is 15.0. The fourth-order valence-corrected chi connectivity index (χ4v) is 12.3. The molecule has 1 aliphatic carbocycles. The quantitative estimate of drug-likeness (QED) is 0.171. The minimum absolute atomic E-state index is 0.524. The van der Waals surface area contributed by atoms with E-state index in [-0.39, 0.29) is 0 Å². The van der Waals surface area contributed by atoms with Crippen LogP contribution in [0.1, 0.15) is 17.7 Å². The lowest BCUT2D eigenvalue weighted by Crippen LogP contribution is -2.12. The number of allylic oxidation sites excluding steroid dienone is 1. The summed E-state index contributed by atoms with van der Waals surface area (Å²) in [7, 11) is 0. The standard InChI is InChI=1S/C54H32N8S2/c1-5-19-42-36(15-1)48-44(25-23-34-32-13-3-7-21-46(32)63-50(34)48)61(42)53-58-52(31-29-40(38-17-9-11-27-55-38)57-41(30-31)39-18-10-12-28-56-39)59-54(60-53)62-43-20-6-2-16-37(43)49-45(62)26-24-35-33-14-4-8-22-47(33)64-51(35)49/h1-5,7-19,21-30H,6,20H2. The van der Waals surface area contributed by atoms with Crippen LogP contribution in [0.2, 0.25) is 0 Å². The number of para-hydroxylation sites is 1. The highest BCUT2D eigenvalue weighted by Gasteiger charge is 2.26. The number of thiophene rings is 2. The Morgan fingerprint density at radius 1 is 0.453 bits per heavy atom. The van der Waals surface area contributed by atoms with Gasteiger partial charge in [0.15, 0.2) is 5.82 Å². The second kappa shape index (κ2) is 13.8. The van der Waals surface area contributed by atoms with Crippen LogP contribution in [0.15, 0.2) is 164 Å². The van der Waals surface area contributed by atoms with E-state index in [4.69, 9.17) is 29.9 Å². The van der Waals surface area contributed by atoms with E-state index in [9.17, 15) is 0 Å². The van der Waals surface area contributed by atoms with Gasteiger partial charge >= 0.3 is 0 Å². The molecule has 0 unspecified atom stereocenters. The maximum Gasteiger partial charge on any atom is 0.240 e. The third-order valence-electron chi connectivity index (χ3n) is 12.6. The number of hydrogen-bond donors (Lipinski definition) is 0. The number of hydrogen-bond acceptors (Lipinski definition) is 8. The Balaban J connectivity index is 1.10. The Hall–Kier alpha value is -7.92. The molecule has 0 fully saturated rings. The van der Waals surface area contributed by atoms with E-state index in [1.165, 1.54) is 62.4 Å². The number of fused-ring (bicyclic) bond motifs is 14. The SMILES string of the molecule is C1=Cc2c(n(-c3nc(-c4cc(-c5ccccn5)nc(-c5ccccn5)c4)nc(-n4c5ccccc5c5c6sc7ccccc7c6ccc54)n3)c3ccc4c5ccccc5sc4c23)CC1. The lowest BCUT2D eigenvalue weighted by Gasteiger charge is -2.15. The molecule has 0 N–H and O–H groups in total. The fourth-order valence-electron chi connectivity index (χ4n) is 9.79. The molecule has 300 valence electrons. The predicted molar refractivity (Wildman–Crippen MR) is 264 cm³/mol. The topological polar surface area (TPSA) is 87.2 Å². The molecule has 0 atom stereocenters. The van der Waals surface area contributed by atoms with Gasteiger partial charge < -0.3 is 0 Å². The third kappa shape index (κ3) is 5.27. The van der Waals surface area contributed by atoms with Crippen LogP contribution in [0.4, 0.5) is 0 Å². The van der Waals surface area contributed by atoms with Crippen molar-refractivity contribution in [1.82, 2.24) is 39.0 Å². The van der Waals surface area contributed by atoms with E-state index in [1.807, 2.05) is 71.2 Å². The van der Waals surface area contributed by atoms with Gasteiger partial charge in [-0.15, -0.1) is 22.7 Å². The lowest BCUT2D eigenvalue weighted by atomic mass is 10.0. The van der Waals surface area contributed by atoms with E-state index in [1.54, 1.807) is 12.4 Å². The highest BCUT2D eigenvalue weighted by Crippen LogP contribution is 2.45. The molecule has 0 radical (unpaired) electrons. The monoisotopic (exact) mass is 856 g/mol. The van der Waals surface area contributed by atoms with Gasteiger partial charge in [-0.3, -0.25) is 19.1 Å². The van der Waals surface area contributed by atoms with Crippen LogP contribution in [0.25, 0.3) is 125 Å². The van der Waals surface area contributed by atoms with Crippen molar-refractivity contribution < 1.29 is 0 Å². The van der Waals surface area contributed by atoms with E-state index in [0.717, 1.165) is 51.7 Å². The summed E-state index contributed by atoms with van der Waals surface area (Å²) in [6, 6.07) is 50.9. The summed E-state index contributed by atoms with van der Waals surface area (Å²) in [4.78, 5) is 31.1. The van der Waals surface area contributed by atoms with Gasteiger partial charge in [-0.25, -0.2) is 4.98 Å². The van der Waals surface area contributed by atoms with E-state index in [0.29, 0.717) is 29.1 Å². The lowest BCUT2D eigenvalue weighted by molar-refractivity contribution is 0.822. The Bertz CT molecular complexity index is 4030. The van der Waals surface area contributed by atoms with Crippen LogP contribution in [-0.2, 0) is 6.42 Å².